The van der Waals surface area contributed by atoms with Crippen LogP contribution in [0.2, 0.25) is 0 Å². The Morgan fingerprint density at radius 2 is 1.84 bits per heavy atom. The molecule has 0 atom stereocenters. The predicted octanol–water partition coefficient (Wildman–Crippen LogP) is 1.74. The second-order valence-electron chi connectivity index (χ2n) is 6.15. The van der Waals surface area contributed by atoms with Crippen LogP contribution in [0, 0.1) is 0 Å². The molecule has 0 aliphatic heterocycles. The van der Waals surface area contributed by atoms with Crippen molar-refractivity contribution in [3.63, 3.8) is 0 Å². The number of aliphatic carboxylic acids is 1. The van der Waals surface area contributed by atoms with Crippen molar-refractivity contribution < 1.29 is 19.4 Å². The van der Waals surface area contributed by atoms with Crippen LogP contribution in [-0.4, -0.2) is 37.5 Å². The molecule has 0 aliphatic rings. The second kappa shape index (κ2) is 7.12. The molecule has 0 radical (unpaired) electrons. The Morgan fingerprint density at radius 1 is 1.20 bits per heavy atom. The van der Waals surface area contributed by atoms with Crippen molar-refractivity contribution >= 4 is 17.9 Å². The average molecular weight is 346 g/mol. The zero-order chi connectivity index (χ0) is 18.6. The Hall–Kier alpha value is -3.23. The van der Waals surface area contributed by atoms with Gasteiger partial charge in [0, 0.05) is 5.56 Å². The minimum atomic E-state index is -1.23. The molecular formula is C16H18N4O5. The van der Waals surface area contributed by atoms with E-state index < -0.39 is 35.6 Å². The van der Waals surface area contributed by atoms with Crippen molar-refractivity contribution in [1.82, 2.24) is 14.8 Å². The highest BCUT2D eigenvalue weighted by Crippen LogP contribution is 2.15. The molecular weight excluding hydrogens is 328 g/mol. The fourth-order valence-corrected chi connectivity index (χ4v) is 1.98. The molecule has 2 aromatic rings. The highest BCUT2D eigenvalue weighted by molar-refractivity contribution is 5.83. The van der Waals surface area contributed by atoms with Crippen molar-refractivity contribution in [1.29, 1.82) is 0 Å². The number of aromatic nitrogens is 3. The van der Waals surface area contributed by atoms with E-state index in [1.807, 2.05) is 0 Å². The number of ether oxygens (including phenoxy) is 1. The first kappa shape index (κ1) is 18.1. The topological polar surface area (TPSA) is 123 Å². The number of anilines is 1. The molecule has 0 saturated carbocycles. The molecule has 0 unspecified atom stereocenters. The fourth-order valence-electron chi connectivity index (χ4n) is 1.98. The van der Waals surface area contributed by atoms with Gasteiger partial charge < -0.3 is 9.84 Å². The maximum Gasteiger partial charge on any atom is 0.413 e. The number of amides is 1. The lowest BCUT2D eigenvalue weighted by Crippen LogP contribution is -2.34. The number of carbonyl (C=O) groups excluding carboxylic acids is 1. The zero-order valence-corrected chi connectivity index (χ0v) is 14.0. The van der Waals surface area contributed by atoms with Gasteiger partial charge in [-0.15, -0.1) is 10.2 Å². The summed E-state index contributed by atoms with van der Waals surface area (Å²) in [4.78, 5) is 35.4. The largest absolute Gasteiger partial charge is 0.480 e. The summed E-state index contributed by atoms with van der Waals surface area (Å²) in [6, 6.07) is 8.56. The van der Waals surface area contributed by atoms with Gasteiger partial charge in [0.25, 0.3) is 5.56 Å². The van der Waals surface area contributed by atoms with E-state index in [2.05, 4.69) is 15.5 Å². The van der Waals surface area contributed by atoms with Crippen LogP contribution in [0.25, 0.3) is 11.4 Å². The van der Waals surface area contributed by atoms with E-state index in [1.165, 1.54) is 0 Å². The number of hydrogen-bond donors (Lipinski definition) is 2. The fraction of sp³-hybridized carbons (Fsp3) is 0.312. The third kappa shape index (κ3) is 4.87. The number of nitrogens with one attached hydrogen (secondary N) is 1. The van der Waals surface area contributed by atoms with Crippen LogP contribution in [0.15, 0.2) is 35.1 Å². The third-order valence-electron chi connectivity index (χ3n) is 2.89. The summed E-state index contributed by atoms with van der Waals surface area (Å²) in [6.45, 7) is 4.38. The second-order valence-corrected chi connectivity index (χ2v) is 6.15. The molecule has 1 aromatic carbocycles. The highest BCUT2D eigenvalue weighted by atomic mass is 16.6. The van der Waals surface area contributed by atoms with Gasteiger partial charge in [-0.1, -0.05) is 30.3 Å². The molecule has 0 aliphatic carbocycles. The van der Waals surface area contributed by atoms with E-state index >= 15 is 0 Å². The average Bonchev–Trinajstić information content (AvgIpc) is 2.50. The minimum absolute atomic E-state index is 0.0859. The Kier molecular flexibility index (Phi) is 5.16. The van der Waals surface area contributed by atoms with Gasteiger partial charge in [-0.05, 0) is 20.8 Å². The molecule has 0 bridgehead atoms. The summed E-state index contributed by atoms with van der Waals surface area (Å²) in [7, 11) is 0. The van der Waals surface area contributed by atoms with Crippen molar-refractivity contribution in [3.8, 4) is 11.4 Å². The van der Waals surface area contributed by atoms with Crippen molar-refractivity contribution in [3.05, 3.63) is 40.7 Å². The number of hydrogen-bond acceptors (Lipinski definition) is 6. The molecule has 132 valence electrons. The van der Waals surface area contributed by atoms with E-state index in [4.69, 9.17) is 9.84 Å². The van der Waals surface area contributed by atoms with E-state index in [0.29, 0.717) is 5.56 Å². The van der Waals surface area contributed by atoms with Gasteiger partial charge in [0.15, 0.2) is 5.82 Å². The van der Waals surface area contributed by atoms with Crippen LogP contribution in [0.3, 0.4) is 0 Å². The number of carbonyl (C=O) groups is 2. The van der Waals surface area contributed by atoms with Crippen molar-refractivity contribution in [2.24, 2.45) is 0 Å². The van der Waals surface area contributed by atoms with Crippen LogP contribution < -0.4 is 10.9 Å². The molecule has 0 fully saturated rings. The lowest BCUT2D eigenvalue weighted by atomic mass is 10.2. The summed E-state index contributed by atoms with van der Waals surface area (Å²) in [5.41, 5.74) is -1.03. The van der Waals surface area contributed by atoms with Crippen LogP contribution in [0.1, 0.15) is 20.8 Å². The minimum Gasteiger partial charge on any atom is -0.480 e. The number of carboxylic acids is 1. The Labute approximate surface area is 143 Å². The quantitative estimate of drug-likeness (QED) is 0.864. The summed E-state index contributed by atoms with van der Waals surface area (Å²) < 4.78 is 5.98. The maximum absolute atomic E-state index is 12.5. The Balaban J connectivity index is 2.43. The summed E-state index contributed by atoms with van der Waals surface area (Å²) in [5, 5.41) is 18.9. The van der Waals surface area contributed by atoms with Crippen molar-refractivity contribution in [2.75, 3.05) is 5.32 Å². The Bertz CT molecular complexity index is 840. The van der Waals surface area contributed by atoms with E-state index in [1.54, 1.807) is 51.1 Å². The molecule has 2 N–H and O–H groups in total. The normalized spacial score (nSPS) is 11.0. The van der Waals surface area contributed by atoms with Gasteiger partial charge in [-0.2, -0.15) is 0 Å². The lowest BCUT2D eigenvalue weighted by molar-refractivity contribution is -0.137. The first-order chi connectivity index (χ1) is 11.7. The van der Waals surface area contributed by atoms with E-state index in [9.17, 15) is 14.4 Å². The summed E-state index contributed by atoms with van der Waals surface area (Å²) in [5.74, 6) is -1.55. The van der Waals surface area contributed by atoms with Crippen LogP contribution in [0.5, 0.6) is 0 Å². The molecule has 1 aromatic heterocycles. The number of rotatable bonds is 4. The van der Waals surface area contributed by atoms with E-state index in [-0.39, 0.29) is 5.82 Å². The zero-order valence-electron chi connectivity index (χ0n) is 14.0. The molecule has 25 heavy (non-hydrogen) atoms. The molecule has 9 heteroatoms. The summed E-state index contributed by atoms with van der Waals surface area (Å²) >= 11 is 0. The lowest BCUT2D eigenvalue weighted by Gasteiger charge is -2.19. The first-order valence-electron chi connectivity index (χ1n) is 7.42. The monoisotopic (exact) mass is 346 g/mol. The highest BCUT2D eigenvalue weighted by Gasteiger charge is 2.21. The smallest absolute Gasteiger partial charge is 0.413 e. The molecule has 9 nitrogen and oxygen atoms in total. The van der Waals surface area contributed by atoms with Crippen LogP contribution in [-0.2, 0) is 16.1 Å². The Morgan fingerprint density at radius 3 is 2.40 bits per heavy atom. The molecule has 0 spiro atoms. The number of carboxylic acid groups (broad SMARTS) is 1. The van der Waals surface area contributed by atoms with Gasteiger partial charge in [0.2, 0.25) is 5.82 Å². The number of nitrogens with zero attached hydrogens (tertiary/aromatic N) is 3. The van der Waals surface area contributed by atoms with Gasteiger partial charge in [-0.25, -0.2) is 4.79 Å². The predicted molar refractivity (Wildman–Crippen MR) is 89.2 cm³/mol. The molecule has 1 amide bonds. The van der Waals surface area contributed by atoms with Crippen molar-refractivity contribution in [2.45, 2.75) is 32.9 Å². The standard InChI is InChI=1S/C16H18N4O5/c1-16(2,3)25-15(24)17-12-14(23)20(9-11(21)22)13(19-18-12)10-7-5-4-6-8-10/h4-8H,9H2,1-3H3,(H,21,22)(H,17,18,24). The van der Waals surface area contributed by atoms with Crippen LogP contribution >= 0.6 is 0 Å². The molecule has 0 saturated heterocycles. The van der Waals surface area contributed by atoms with E-state index in [0.717, 1.165) is 4.57 Å². The SMILES string of the molecule is CC(C)(C)OC(=O)Nc1nnc(-c2ccccc2)n(CC(=O)O)c1=O. The summed E-state index contributed by atoms with van der Waals surface area (Å²) in [6.07, 6.45) is -0.881. The van der Waals surface area contributed by atoms with Crippen LogP contribution in [0.4, 0.5) is 10.6 Å². The number of benzene rings is 1. The van der Waals surface area contributed by atoms with Gasteiger partial charge >= 0.3 is 12.1 Å². The first-order valence-corrected chi connectivity index (χ1v) is 7.42. The van der Waals surface area contributed by atoms with Gasteiger partial charge in [0.1, 0.15) is 12.1 Å². The third-order valence-corrected chi connectivity index (χ3v) is 2.89. The van der Waals surface area contributed by atoms with Gasteiger partial charge in [0.05, 0.1) is 0 Å². The maximum atomic E-state index is 12.5. The molecule has 1 heterocycles. The molecule has 2 rings (SSSR count). The van der Waals surface area contributed by atoms with Gasteiger partial charge in [-0.3, -0.25) is 19.5 Å².